The lowest BCUT2D eigenvalue weighted by Crippen LogP contribution is -2.63. The molecule has 0 unspecified atom stereocenters. The predicted octanol–water partition coefficient (Wildman–Crippen LogP) is 2.11. The molecule has 1 aliphatic heterocycles. The Labute approximate surface area is 117 Å². The Kier molecular flexibility index (Phi) is 3.16. The first-order valence-corrected chi connectivity index (χ1v) is 6.50. The summed E-state index contributed by atoms with van der Waals surface area (Å²) < 4.78 is 5.13. The van der Waals surface area contributed by atoms with Crippen LogP contribution >= 0.6 is 0 Å². The normalized spacial score (nSPS) is 21.5. The van der Waals surface area contributed by atoms with Crippen molar-refractivity contribution in [3.05, 3.63) is 60.2 Å². The molecule has 0 spiro atoms. The zero-order valence-corrected chi connectivity index (χ0v) is 11.2. The highest BCUT2D eigenvalue weighted by atomic mass is 16.5. The van der Waals surface area contributed by atoms with E-state index in [-0.39, 0.29) is 11.9 Å². The van der Waals surface area contributed by atoms with Crippen molar-refractivity contribution in [1.29, 1.82) is 0 Å². The van der Waals surface area contributed by atoms with E-state index in [2.05, 4.69) is 0 Å². The minimum atomic E-state index is -0.473. The van der Waals surface area contributed by atoms with Crippen LogP contribution in [-0.2, 0) is 4.79 Å². The summed E-state index contributed by atoms with van der Waals surface area (Å²) in [6.45, 7) is 0. The number of hydrogen-bond donors (Lipinski definition) is 1. The standard InChI is InChI=1S/C16H16N2O2/c1-20-13-9-7-12(8-10-13)18-15(14(17)16(18)19)11-5-3-2-4-6-11/h2-10,14-15H,17H2,1H3/t14-,15-/m1/s1. The second kappa shape index (κ2) is 4.98. The van der Waals surface area contributed by atoms with E-state index in [4.69, 9.17) is 10.5 Å². The molecule has 102 valence electrons. The number of anilines is 1. The molecule has 0 bridgehead atoms. The van der Waals surface area contributed by atoms with Crippen LogP contribution in [0.1, 0.15) is 11.6 Å². The number of methoxy groups -OCH3 is 1. The third-order valence-corrected chi connectivity index (χ3v) is 3.63. The van der Waals surface area contributed by atoms with E-state index in [9.17, 15) is 4.79 Å². The molecule has 0 radical (unpaired) electrons. The molecular formula is C16H16N2O2. The van der Waals surface area contributed by atoms with Gasteiger partial charge < -0.3 is 15.4 Å². The number of β-lactam (4-membered cyclic amide) rings is 1. The number of nitrogens with two attached hydrogens (primary N) is 1. The van der Waals surface area contributed by atoms with Crippen LogP contribution in [0.3, 0.4) is 0 Å². The van der Waals surface area contributed by atoms with Crippen molar-refractivity contribution in [2.24, 2.45) is 5.73 Å². The maximum atomic E-state index is 12.1. The van der Waals surface area contributed by atoms with E-state index in [0.29, 0.717) is 0 Å². The zero-order valence-electron chi connectivity index (χ0n) is 11.2. The number of nitrogens with zero attached hydrogens (tertiary/aromatic N) is 1. The van der Waals surface area contributed by atoms with Crippen LogP contribution in [0, 0.1) is 0 Å². The van der Waals surface area contributed by atoms with Gasteiger partial charge in [0, 0.05) is 5.69 Å². The molecule has 1 amide bonds. The van der Waals surface area contributed by atoms with Crippen LogP contribution < -0.4 is 15.4 Å². The van der Waals surface area contributed by atoms with Gasteiger partial charge in [0.2, 0.25) is 5.91 Å². The summed E-state index contributed by atoms with van der Waals surface area (Å²) in [5.74, 6) is 0.714. The molecule has 0 saturated carbocycles. The third-order valence-electron chi connectivity index (χ3n) is 3.63. The first-order valence-electron chi connectivity index (χ1n) is 6.50. The van der Waals surface area contributed by atoms with Crippen LogP contribution in [0.5, 0.6) is 5.75 Å². The average molecular weight is 268 g/mol. The van der Waals surface area contributed by atoms with Crippen LogP contribution in [0.25, 0.3) is 0 Å². The molecule has 1 fully saturated rings. The smallest absolute Gasteiger partial charge is 0.247 e. The molecule has 1 aliphatic rings. The topological polar surface area (TPSA) is 55.6 Å². The van der Waals surface area contributed by atoms with Crippen LogP contribution in [0.4, 0.5) is 5.69 Å². The Morgan fingerprint density at radius 2 is 1.70 bits per heavy atom. The van der Waals surface area contributed by atoms with Gasteiger partial charge >= 0.3 is 0 Å². The van der Waals surface area contributed by atoms with E-state index in [0.717, 1.165) is 17.0 Å². The van der Waals surface area contributed by atoms with Gasteiger partial charge in [0.05, 0.1) is 13.2 Å². The van der Waals surface area contributed by atoms with Crippen molar-refractivity contribution in [2.45, 2.75) is 12.1 Å². The molecule has 0 aliphatic carbocycles. The van der Waals surface area contributed by atoms with Crippen LogP contribution in [0.2, 0.25) is 0 Å². The molecule has 2 atom stereocenters. The second-order valence-electron chi connectivity index (χ2n) is 4.79. The molecule has 2 aromatic rings. The minimum Gasteiger partial charge on any atom is -0.497 e. The zero-order chi connectivity index (χ0) is 14.1. The quantitative estimate of drug-likeness (QED) is 0.867. The summed E-state index contributed by atoms with van der Waals surface area (Å²) in [5, 5.41) is 0. The first-order chi connectivity index (χ1) is 9.72. The highest BCUT2D eigenvalue weighted by Gasteiger charge is 2.46. The van der Waals surface area contributed by atoms with E-state index in [1.807, 2.05) is 54.6 Å². The summed E-state index contributed by atoms with van der Waals surface area (Å²) in [4.78, 5) is 13.8. The molecule has 4 heteroatoms. The maximum Gasteiger partial charge on any atom is 0.247 e. The lowest BCUT2D eigenvalue weighted by molar-refractivity contribution is -0.126. The fourth-order valence-electron chi connectivity index (χ4n) is 2.55. The molecule has 4 nitrogen and oxygen atoms in total. The lowest BCUT2D eigenvalue weighted by Gasteiger charge is -2.45. The average Bonchev–Trinajstić information content (AvgIpc) is 2.52. The van der Waals surface area contributed by atoms with Gasteiger partial charge in [-0.05, 0) is 29.8 Å². The summed E-state index contributed by atoms with van der Waals surface area (Å²) in [7, 11) is 1.62. The summed E-state index contributed by atoms with van der Waals surface area (Å²) in [5.41, 5.74) is 7.86. The van der Waals surface area contributed by atoms with Gasteiger partial charge in [-0.25, -0.2) is 0 Å². The van der Waals surface area contributed by atoms with Gasteiger partial charge in [0.15, 0.2) is 0 Å². The minimum absolute atomic E-state index is 0.0518. The van der Waals surface area contributed by atoms with Crippen molar-refractivity contribution in [3.8, 4) is 5.75 Å². The van der Waals surface area contributed by atoms with Gasteiger partial charge in [-0.2, -0.15) is 0 Å². The molecule has 3 rings (SSSR count). The van der Waals surface area contributed by atoms with Gasteiger partial charge in [-0.15, -0.1) is 0 Å². The van der Waals surface area contributed by atoms with Crippen molar-refractivity contribution in [2.75, 3.05) is 12.0 Å². The molecular weight excluding hydrogens is 252 g/mol. The second-order valence-corrected chi connectivity index (χ2v) is 4.79. The number of carbonyl (C=O) groups is 1. The maximum absolute atomic E-state index is 12.1. The number of carbonyl (C=O) groups excluding carboxylic acids is 1. The fourth-order valence-corrected chi connectivity index (χ4v) is 2.55. The molecule has 2 aromatic carbocycles. The molecule has 2 N–H and O–H groups in total. The van der Waals surface area contributed by atoms with E-state index in [1.54, 1.807) is 12.0 Å². The van der Waals surface area contributed by atoms with E-state index < -0.39 is 6.04 Å². The van der Waals surface area contributed by atoms with Crippen molar-refractivity contribution in [1.82, 2.24) is 0 Å². The summed E-state index contributed by atoms with van der Waals surface area (Å²) >= 11 is 0. The fraction of sp³-hybridized carbons (Fsp3) is 0.188. The summed E-state index contributed by atoms with van der Waals surface area (Å²) in [6, 6.07) is 16.7. The molecule has 20 heavy (non-hydrogen) atoms. The van der Waals surface area contributed by atoms with Gasteiger partial charge in [-0.1, -0.05) is 30.3 Å². The number of hydrogen-bond acceptors (Lipinski definition) is 3. The van der Waals surface area contributed by atoms with Gasteiger partial charge in [0.1, 0.15) is 11.8 Å². The number of rotatable bonds is 3. The number of benzene rings is 2. The Bertz CT molecular complexity index is 610. The number of ether oxygens (including phenoxy) is 1. The largest absolute Gasteiger partial charge is 0.497 e. The van der Waals surface area contributed by atoms with E-state index in [1.165, 1.54) is 0 Å². The third kappa shape index (κ3) is 1.94. The van der Waals surface area contributed by atoms with Crippen molar-refractivity contribution in [3.63, 3.8) is 0 Å². The molecule has 1 saturated heterocycles. The van der Waals surface area contributed by atoms with E-state index >= 15 is 0 Å². The van der Waals surface area contributed by atoms with Gasteiger partial charge in [-0.3, -0.25) is 4.79 Å². The number of amides is 1. The lowest BCUT2D eigenvalue weighted by atomic mass is 9.88. The van der Waals surface area contributed by atoms with Gasteiger partial charge in [0.25, 0.3) is 0 Å². The monoisotopic (exact) mass is 268 g/mol. The summed E-state index contributed by atoms with van der Waals surface area (Å²) in [6.07, 6.45) is 0. The van der Waals surface area contributed by atoms with Crippen LogP contribution in [-0.4, -0.2) is 19.1 Å². The Balaban J connectivity index is 1.92. The predicted molar refractivity (Wildman–Crippen MR) is 77.6 cm³/mol. The molecule has 0 aromatic heterocycles. The Hall–Kier alpha value is -2.33. The SMILES string of the molecule is COc1ccc(N2C(=O)[C@H](N)[C@H]2c2ccccc2)cc1. The van der Waals surface area contributed by atoms with Crippen molar-refractivity contribution >= 4 is 11.6 Å². The Morgan fingerprint density at radius 1 is 1.05 bits per heavy atom. The highest BCUT2D eigenvalue weighted by molar-refractivity contribution is 6.05. The van der Waals surface area contributed by atoms with Crippen molar-refractivity contribution < 1.29 is 9.53 Å². The Morgan fingerprint density at radius 3 is 2.30 bits per heavy atom. The first kappa shape index (κ1) is 12.7. The van der Waals surface area contributed by atoms with Crippen LogP contribution in [0.15, 0.2) is 54.6 Å². The molecule has 1 heterocycles. The highest BCUT2D eigenvalue weighted by Crippen LogP contribution is 2.38.